The first-order valence-electron chi connectivity index (χ1n) is 15.1. The van der Waals surface area contributed by atoms with Crippen molar-refractivity contribution < 1.29 is 4.79 Å². The van der Waals surface area contributed by atoms with E-state index in [0.717, 1.165) is 42.5 Å². The number of nitrogens with zero attached hydrogens (tertiary/aromatic N) is 3. The highest BCUT2D eigenvalue weighted by atomic mass is 16.2. The normalized spacial score (nSPS) is 12.5. The first-order chi connectivity index (χ1) is 19.6. The van der Waals surface area contributed by atoms with Gasteiger partial charge in [-0.05, 0) is 85.2 Å². The van der Waals surface area contributed by atoms with Gasteiger partial charge in [0.25, 0.3) is 11.5 Å². The fraction of sp³-hybridized carbons (Fsp3) is 0.417. The van der Waals surface area contributed by atoms with Crippen molar-refractivity contribution in [2.75, 3.05) is 6.54 Å². The van der Waals surface area contributed by atoms with Crippen LogP contribution < -0.4 is 5.56 Å². The molecule has 1 aromatic heterocycles. The minimum atomic E-state index is -0.370. The number of carbonyl (C=O) groups excluding carboxylic acids is 1. The smallest absolute Gasteiger partial charge is 0.266 e. The van der Waals surface area contributed by atoms with E-state index in [1.165, 1.54) is 5.56 Å². The molecular weight excluding hydrogens is 506 g/mol. The predicted molar refractivity (Wildman–Crippen MR) is 170 cm³/mol. The molecule has 0 aliphatic carbocycles. The summed E-state index contributed by atoms with van der Waals surface area (Å²) < 4.78 is 1.73. The summed E-state index contributed by atoms with van der Waals surface area (Å²) in [4.78, 5) is 35.4. The number of aryl methyl sites for hydroxylation is 2. The minimum absolute atomic E-state index is 0.00459. The van der Waals surface area contributed by atoms with Crippen molar-refractivity contribution in [3.05, 3.63) is 105 Å². The first-order valence-corrected chi connectivity index (χ1v) is 15.1. The van der Waals surface area contributed by atoms with Crippen molar-refractivity contribution >= 4 is 16.8 Å². The Bertz CT molecular complexity index is 1560. The maximum absolute atomic E-state index is 14.2. The number of aromatic nitrogens is 2. The van der Waals surface area contributed by atoms with Gasteiger partial charge in [0.05, 0.1) is 22.6 Å². The van der Waals surface area contributed by atoms with E-state index in [1.54, 1.807) is 4.57 Å². The second-order valence-corrected chi connectivity index (χ2v) is 12.2. The van der Waals surface area contributed by atoms with Gasteiger partial charge in [0, 0.05) is 12.1 Å². The lowest BCUT2D eigenvalue weighted by molar-refractivity contribution is 0.0654. The maximum atomic E-state index is 14.2. The molecule has 1 unspecified atom stereocenters. The zero-order valence-corrected chi connectivity index (χ0v) is 25.8. The summed E-state index contributed by atoms with van der Waals surface area (Å²) in [5, 5.41) is 0.572. The van der Waals surface area contributed by atoms with E-state index in [2.05, 4.69) is 60.6 Å². The van der Waals surface area contributed by atoms with Crippen LogP contribution in [0.1, 0.15) is 106 Å². The van der Waals surface area contributed by atoms with Gasteiger partial charge in [0.1, 0.15) is 5.82 Å². The molecule has 3 aromatic carbocycles. The summed E-state index contributed by atoms with van der Waals surface area (Å²) in [6, 6.07) is 21.2. The summed E-state index contributed by atoms with van der Waals surface area (Å²) in [6.45, 7) is 15.5. The Morgan fingerprint density at radius 1 is 0.902 bits per heavy atom. The number of benzene rings is 3. The van der Waals surface area contributed by atoms with Crippen LogP contribution in [0.2, 0.25) is 0 Å². The molecule has 0 saturated heterocycles. The van der Waals surface area contributed by atoms with E-state index >= 15 is 0 Å². The van der Waals surface area contributed by atoms with Crippen LogP contribution in [-0.2, 0) is 5.41 Å². The molecule has 0 saturated carbocycles. The van der Waals surface area contributed by atoms with Crippen LogP contribution in [0, 0.1) is 13.8 Å². The van der Waals surface area contributed by atoms with Crippen LogP contribution in [0.4, 0.5) is 0 Å². The third-order valence-electron chi connectivity index (χ3n) is 8.12. The highest BCUT2D eigenvalue weighted by molar-refractivity contribution is 5.94. The highest BCUT2D eigenvalue weighted by Crippen LogP contribution is 2.29. The van der Waals surface area contributed by atoms with Crippen LogP contribution in [0.5, 0.6) is 0 Å². The second-order valence-electron chi connectivity index (χ2n) is 12.2. The molecule has 5 heteroatoms. The molecule has 1 amide bonds. The molecule has 4 aromatic rings. The molecule has 0 bridgehead atoms. The summed E-state index contributed by atoms with van der Waals surface area (Å²) in [5.74, 6) is 0.581. The average molecular weight is 552 g/mol. The topological polar surface area (TPSA) is 55.2 Å². The van der Waals surface area contributed by atoms with Gasteiger partial charge < -0.3 is 4.90 Å². The van der Waals surface area contributed by atoms with Crippen molar-refractivity contribution in [2.45, 2.75) is 92.0 Å². The Labute approximate surface area is 245 Å². The fourth-order valence-electron chi connectivity index (χ4n) is 5.42. The molecular formula is C36H45N3O2. The van der Waals surface area contributed by atoms with Crippen molar-refractivity contribution in [3.8, 4) is 5.69 Å². The van der Waals surface area contributed by atoms with Gasteiger partial charge >= 0.3 is 0 Å². The van der Waals surface area contributed by atoms with Gasteiger partial charge in [-0.1, -0.05) is 84.2 Å². The van der Waals surface area contributed by atoms with Gasteiger partial charge in [-0.15, -0.1) is 0 Å². The molecule has 0 fully saturated rings. The summed E-state index contributed by atoms with van der Waals surface area (Å²) in [6.07, 6.45) is 4.83. The number of amides is 1. The third-order valence-corrected chi connectivity index (χ3v) is 8.12. The zero-order valence-electron chi connectivity index (χ0n) is 25.8. The molecule has 0 aliphatic rings. The quantitative estimate of drug-likeness (QED) is 0.186. The molecule has 216 valence electrons. The Hall–Kier alpha value is -3.73. The van der Waals surface area contributed by atoms with E-state index in [0.29, 0.717) is 35.3 Å². The first kappa shape index (κ1) is 30.2. The molecule has 5 nitrogen and oxygen atoms in total. The van der Waals surface area contributed by atoms with Crippen molar-refractivity contribution in [1.29, 1.82) is 0 Å². The minimum Gasteiger partial charge on any atom is -0.328 e. The number of unbranched alkanes of at least 4 members (excludes halogenated alkanes) is 3. The van der Waals surface area contributed by atoms with Gasteiger partial charge in [-0.3, -0.25) is 14.2 Å². The third kappa shape index (κ3) is 6.61. The number of hydrogen-bond acceptors (Lipinski definition) is 3. The molecule has 0 spiro atoms. The maximum Gasteiger partial charge on any atom is 0.266 e. The van der Waals surface area contributed by atoms with Crippen molar-refractivity contribution in [2.24, 2.45) is 0 Å². The monoisotopic (exact) mass is 551 g/mol. The van der Waals surface area contributed by atoms with Crippen LogP contribution in [0.15, 0.2) is 71.5 Å². The van der Waals surface area contributed by atoms with Crippen LogP contribution in [0.3, 0.4) is 0 Å². The molecule has 4 rings (SSSR count). The summed E-state index contributed by atoms with van der Waals surface area (Å²) >= 11 is 0. The fourth-order valence-corrected chi connectivity index (χ4v) is 5.42. The molecule has 1 heterocycles. The molecule has 1 atom stereocenters. The highest BCUT2D eigenvalue weighted by Gasteiger charge is 2.30. The van der Waals surface area contributed by atoms with Gasteiger partial charge in [0.15, 0.2) is 0 Å². The lowest BCUT2D eigenvalue weighted by Gasteiger charge is -2.33. The number of para-hydroxylation sites is 1. The molecule has 0 radical (unpaired) electrons. The lowest BCUT2D eigenvalue weighted by atomic mass is 9.86. The number of rotatable bonds is 10. The Morgan fingerprint density at radius 3 is 2.24 bits per heavy atom. The van der Waals surface area contributed by atoms with Gasteiger partial charge in [-0.25, -0.2) is 4.98 Å². The van der Waals surface area contributed by atoms with Crippen LogP contribution in [0.25, 0.3) is 16.6 Å². The zero-order chi connectivity index (χ0) is 29.7. The van der Waals surface area contributed by atoms with E-state index in [9.17, 15) is 9.59 Å². The number of hydrogen-bond donors (Lipinski definition) is 0. The SMILES string of the molecule is CCCCCCN(C(=O)c1ccc(C(C)(C)C)cc1)C(CC)c1nc2ccccc2c(=O)n1-c1ccc(C)c(C)c1. The summed E-state index contributed by atoms with van der Waals surface area (Å²) in [7, 11) is 0. The predicted octanol–water partition coefficient (Wildman–Crippen LogP) is 8.47. The summed E-state index contributed by atoms with van der Waals surface area (Å²) in [5.41, 5.74) is 5.44. The van der Waals surface area contributed by atoms with Gasteiger partial charge in [-0.2, -0.15) is 0 Å². The van der Waals surface area contributed by atoms with E-state index in [1.807, 2.05) is 59.5 Å². The van der Waals surface area contributed by atoms with Crippen LogP contribution >= 0.6 is 0 Å². The Balaban J connectivity index is 1.88. The molecule has 0 N–H and O–H groups in total. The van der Waals surface area contributed by atoms with Crippen LogP contribution in [-0.4, -0.2) is 26.9 Å². The Kier molecular flexibility index (Phi) is 9.47. The van der Waals surface area contributed by atoms with Gasteiger partial charge in [0.2, 0.25) is 0 Å². The molecule has 41 heavy (non-hydrogen) atoms. The number of carbonyl (C=O) groups is 1. The lowest BCUT2D eigenvalue weighted by Crippen LogP contribution is -2.39. The van der Waals surface area contributed by atoms with Crippen molar-refractivity contribution in [1.82, 2.24) is 14.5 Å². The van der Waals surface area contributed by atoms with E-state index < -0.39 is 0 Å². The number of fused-ring (bicyclic) bond motifs is 1. The largest absolute Gasteiger partial charge is 0.328 e. The van der Waals surface area contributed by atoms with E-state index in [4.69, 9.17) is 4.98 Å². The standard InChI is InChI=1S/C36H45N3O2/c1-8-10-11-14-23-38(34(40)27-18-20-28(21-19-27)36(5,6)7)32(9-2)33-37-31-16-13-12-15-30(31)35(41)39(33)29-22-17-25(3)26(4)24-29/h12-13,15-22,24,32H,8-11,14,23H2,1-7H3. The second kappa shape index (κ2) is 12.8. The van der Waals surface area contributed by atoms with Crippen molar-refractivity contribution in [3.63, 3.8) is 0 Å². The van der Waals surface area contributed by atoms with E-state index in [-0.39, 0.29) is 22.9 Å². The average Bonchev–Trinajstić information content (AvgIpc) is 2.95. The Morgan fingerprint density at radius 2 is 1.61 bits per heavy atom. The molecule has 0 aliphatic heterocycles.